The van der Waals surface area contributed by atoms with Crippen molar-refractivity contribution in [3.63, 3.8) is 0 Å². The lowest BCUT2D eigenvalue weighted by Crippen LogP contribution is -2.16. The molecule has 0 fully saturated rings. The van der Waals surface area contributed by atoms with Crippen molar-refractivity contribution in [2.75, 3.05) is 11.8 Å². The van der Waals surface area contributed by atoms with Gasteiger partial charge in [-0.05, 0) is 62.1 Å². The average molecular weight is 319 g/mol. The summed E-state index contributed by atoms with van der Waals surface area (Å²) in [5, 5.41) is 0. The lowest BCUT2D eigenvalue weighted by Gasteiger charge is -2.16. The number of ether oxygens (including phenoxy) is 1. The van der Waals surface area contributed by atoms with E-state index in [1.54, 1.807) is 26.2 Å². The van der Waals surface area contributed by atoms with Crippen LogP contribution < -0.4 is 9.46 Å². The molecule has 22 heavy (non-hydrogen) atoms. The van der Waals surface area contributed by atoms with Crippen LogP contribution in [0.2, 0.25) is 0 Å². The molecule has 0 aliphatic carbocycles. The summed E-state index contributed by atoms with van der Waals surface area (Å²) in [5.74, 6) is 0.684. The van der Waals surface area contributed by atoms with Gasteiger partial charge in [0.05, 0.1) is 17.7 Å². The normalized spacial score (nSPS) is 11.3. The molecule has 0 aliphatic heterocycles. The van der Waals surface area contributed by atoms with Crippen molar-refractivity contribution < 1.29 is 13.2 Å². The quantitative estimate of drug-likeness (QED) is 0.934. The van der Waals surface area contributed by atoms with Gasteiger partial charge in [0.2, 0.25) is 0 Å². The van der Waals surface area contributed by atoms with Gasteiger partial charge in [0.1, 0.15) is 5.75 Å². The summed E-state index contributed by atoms with van der Waals surface area (Å²) in [5.41, 5.74) is 3.87. The first-order chi connectivity index (χ1) is 10.3. The summed E-state index contributed by atoms with van der Waals surface area (Å²) in [6.07, 6.45) is 0. The van der Waals surface area contributed by atoms with E-state index in [1.165, 1.54) is 0 Å². The molecule has 2 aromatic rings. The SMILES string of the molecule is COc1cc(C)c(S(=O)(=O)Nc2c(C)cccc2C)cc1C. The Morgan fingerprint density at radius 3 is 2.05 bits per heavy atom. The van der Waals surface area contributed by atoms with E-state index >= 15 is 0 Å². The van der Waals surface area contributed by atoms with E-state index in [9.17, 15) is 8.42 Å². The zero-order valence-corrected chi connectivity index (χ0v) is 14.3. The zero-order valence-electron chi connectivity index (χ0n) is 13.5. The number of anilines is 1. The van der Waals surface area contributed by atoms with E-state index in [1.807, 2.05) is 39.0 Å². The van der Waals surface area contributed by atoms with Crippen LogP contribution in [0.1, 0.15) is 22.3 Å². The third-order valence-corrected chi connectivity index (χ3v) is 5.19. The molecule has 118 valence electrons. The Morgan fingerprint density at radius 1 is 0.909 bits per heavy atom. The van der Waals surface area contributed by atoms with Gasteiger partial charge in [-0.3, -0.25) is 4.72 Å². The second-order valence-electron chi connectivity index (χ2n) is 5.46. The van der Waals surface area contributed by atoms with Crippen molar-refractivity contribution in [1.82, 2.24) is 0 Å². The second kappa shape index (κ2) is 6.01. The molecule has 0 atom stereocenters. The highest BCUT2D eigenvalue weighted by molar-refractivity contribution is 7.92. The first-order valence-electron chi connectivity index (χ1n) is 7.00. The summed E-state index contributed by atoms with van der Waals surface area (Å²) < 4.78 is 33.4. The van der Waals surface area contributed by atoms with Crippen LogP contribution in [-0.4, -0.2) is 15.5 Å². The fourth-order valence-electron chi connectivity index (χ4n) is 2.44. The number of sulfonamides is 1. The minimum absolute atomic E-state index is 0.272. The van der Waals surface area contributed by atoms with Gasteiger partial charge in [0.25, 0.3) is 10.0 Å². The van der Waals surface area contributed by atoms with Crippen LogP contribution >= 0.6 is 0 Å². The predicted octanol–water partition coefficient (Wildman–Crippen LogP) is 3.73. The Morgan fingerprint density at radius 2 is 1.50 bits per heavy atom. The zero-order chi connectivity index (χ0) is 16.5. The number of methoxy groups -OCH3 is 1. The topological polar surface area (TPSA) is 55.4 Å². The van der Waals surface area contributed by atoms with E-state index in [0.717, 1.165) is 16.7 Å². The van der Waals surface area contributed by atoms with Crippen LogP contribution in [0.4, 0.5) is 5.69 Å². The lowest BCUT2D eigenvalue weighted by molar-refractivity contribution is 0.411. The Labute approximate surface area is 132 Å². The van der Waals surface area contributed by atoms with Crippen LogP contribution in [0.25, 0.3) is 0 Å². The number of benzene rings is 2. The monoisotopic (exact) mass is 319 g/mol. The van der Waals surface area contributed by atoms with Gasteiger partial charge >= 0.3 is 0 Å². The highest BCUT2D eigenvalue weighted by atomic mass is 32.2. The highest BCUT2D eigenvalue weighted by Gasteiger charge is 2.20. The number of hydrogen-bond donors (Lipinski definition) is 1. The summed E-state index contributed by atoms with van der Waals surface area (Å²) in [6.45, 7) is 7.37. The largest absolute Gasteiger partial charge is 0.496 e. The molecule has 2 aromatic carbocycles. The van der Waals surface area contributed by atoms with Crippen LogP contribution in [0.3, 0.4) is 0 Å². The van der Waals surface area contributed by atoms with Crippen molar-refractivity contribution in [2.45, 2.75) is 32.6 Å². The minimum atomic E-state index is -3.64. The van der Waals surface area contributed by atoms with Gasteiger partial charge < -0.3 is 4.74 Å². The van der Waals surface area contributed by atoms with Crippen molar-refractivity contribution in [3.8, 4) is 5.75 Å². The smallest absolute Gasteiger partial charge is 0.262 e. The van der Waals surface area contributed by atoms with Crippen LogP contribution in [0, 0.1) is 27.7 Å². The highest BCUT2D eigenvalue weighted by Crippen LogP contribution is 2.28. The maximum atomic E-state index is 12.7. The first-order valence-corrected chi connectivity index (χ1v) is 8.49. The maximum Gasteiger partial charge on any atom is 0.262 e. The standard InChI is InChI=1S/C17H21NO3S/c1-11-7-6-8-12(2)17(11)18-22(19,20)16-10-13(3)15(21-5)9-14(16)4/h6-10,18H,1-5H3. The fourth-order valence-corrected chi connectivity index (χ4v) is 3.95. The van der Waals surface area contributed by atoms with Crippen molar-refractivity contribution >= 4 is 15.7 Å². The number of para-hydroxylation sites is 1. The molecule has 0 saturated heterocycles. The van der Waals surface area contributed by atoms with E-state index in [0.29, 0.717) is 17.0 Å². The van der Waals surface area contributed by atoms with E-state index < -0.39 is 10.0 Å². The van der Waals surface area contributed by atoms with Gasteiger partial charge in [0, 0.05) is 0 Å². The van der Waals surface area contributed by atoms with Crippen LogP contribution in [-0.2, 0) is 10.0 Å². The minimum Gasteiger partial charge on any atom is -0.496 e. The first kappa shape index (κ1) is 16.4. The molecule has 2 rings (SSSR count). The Kier molecular flexibility index (Phi) is 4.47. The third-order valence-electron chi connectivity index (χ3n) is 3.70. The number of nitrogens with one attached hydrogen (secondary N) is 1. The van der Waals surface area contributed by atoms with E-state index in [4.69, 9.17) is 4.74 Å². The number of hydrogen-bond acceptors (Lipinski definition) is 3. The molecule has 0 heterocycles. The fraction of sp³-hybridized carbons (Fsp3) is 0.294. The molecule has 0 radical (unpaired) electrons. The molecule has 1 N–H and O–H groups in total. The molecule has 4 nitrogen and oxygen atoms in total. The molecule has 0 aliphatic rings. The Balaban J connectivity index is 2.50. The molecule has 5 heteroatoms. The Bertz CT molecular complexity index is 791. The lowest BCUT2D eigenvalue weighted by atomic mass is 10.1. The average Bonchev–Trinajstić information content (AvgIpc) is 2.45. The van der Waals surface area contributed by atoms with Crippen LogP contribution in [0.5, 0.6) is 5.75 Å². The predicted molar refractivity (Wildman–Crippen MR) is 89.2 cm³/mol. The van der Waals surface area contributed by atoms with Crippen molar-refractivity contribution in [2.24, 2.45) is 0 Å². The van der Waals surface area contributed by atoms with Crippen LogP contribution in [0.15, 0.2) is 35.2 Å². The molecular formula is C17H21NO3S. The molecule has 0 spiro atoms. The number of rotatable bonds is 4. The third kappa shape index (κ3) is 3.09. The summed E-state index contributed by atoms with van der Waals surface area (Å²) in [6, 6.07) is 9.07. The Hall–Kier alpha value is -2.01. The summed E-state index contributed by atoms with van der Waals surface area (Å²) in [4.78, 5) is 0.272. The van der Waals surface area contributed by atoms with E-state index in [2.05, 4.69) is 4.72 Å². The molecule has 0 saturated carbocycles. The molecular weight excluding hydrogens is 298 g/mol. The molecule has 0 bridgehead atoms. The van der Waals surface area contributed by atoms with Gasteiger partial charge in [-0.1, -0.05) is 18.2 Å². The van der Waals surface area contributed by atoms with Gasteiger partial charge in [-0.2, -0.15) is 0 Å². The molecule has 0 aromatic heterocycles. The van der Waals surface area contributed by atoms with Crippen molar-refractivity contribution in [1.29, 1.82) is 0 Å². The maximum absolute atomic E-state index is 12.7. The van der Waals surface area contributed by atoms with Gasteiger partial charge in [0.15, 0.2) is 0 Å². The summed E-state index contributed by atoms with van der Waals surface area (Å²) >= 11 is 0. The van der Waals surface area contributed by atoms with Gasteiger partial charge in [-0.25, -0.2) is 8.42 Å². The number of aryl methyl sites for hydroxylation is 4. The van der Waals surface area contributed by atoms with Gasteiger partial charge in [-0.15, -0.1) is 0 Å². The van der Waals surface area contributed by atoms with E-state index in [-0.39, 0.29) is 4.90 Å². The summed E-state index contributed by atoms with van der Waals surface area (Å²) in [7, 11) is -2.07. The molecule has 0 amide bonds. The van der Waals surface area contributed by atoms with Crippen molar-refractivity contribution in [3.05, 3.63) is 52.6 Å². The second-order valence-corrected chi connectivity index (χ2v) is 7.11. The molecule has 0 unspecified atom stereocenters.